The first-order valence-electron chi connectivity index (χ1n) is 6.77. The zero-order valence-corrected chi connectivity index (χ0v) is 12.9. The van der Waals surface area contributed by atoms with Crippen LogP contribution in [0.2, 0.25) is 0 Å². The van der Waals surface area contributed by atoms with Crippen LogP contribution in [0.5, 0.6) is 5.75 Å². The fourth-order valence-electron chi connectivity index (χ4n) is 2.10. The molecular weight excluding hydrogens is 302 g/mol. The smallest absolute Gasteiger partial charge is 0.308 e. The van der Waals surface area contributed by atoms with Gasteiger partial charge < -0.3 is 15.2 Å². The summed E-state index contributed by atoms with van der Waals surface area (Å²) < 4.78 is 5.23. The highest BCUT2D eigenvalue weighted by Gasteiger charge is 2.21. The lowest BCUT2D eigenvalue weighted by molar-refractivity contribution is -0.141. The van der Waals surface area contributed by atoms with Gasteiger partial charge in [-0.25, -0.2) is 0 Å². The molecule has 0 fully saturated rings. The van der Waals surface area contributed by atoms with E-state index < -0.39 is 11.9 Å². The van der Waals surface area contributed by atoms with Gasteiger partial charge in [0.2, 0.25) is 0 Å². The third kappa shape index (κ3) is 4.08. The van der Waals surface area contributed by atoms with Crippen LogP contribution < -0.4 is 10.1 Å². The molecule has 1 amide bonds. The Morgan fingerprint density at radius 3 is 2.73 bits per heavy atom. The van der Waals surface area contributed by atoms with Gasteiger partial charge in [-0.3, -0.25) is 9.59 Å². The number of aliphatic carboxylic acids is 1. The Morgan fingerprint density at radius 2 is 2.09 bits per heavy atom. The van der Waals surface area contributed by atoms with Crippen molar-refractivity contribution < 1.29 is 19.4 Å². The molecule has 2 N–H and O–H groups in total. The topological polar surface area (TPSA) is 75.6 Å². The summed E-state index contributed by atoms with van der Waals surface area (Å²) in [4.78, 5) is 23.3. The van der Waals surface area contributed by atoms with Gasteiger partial charge in [0.05, 0.1) is 13.0 Å². The number of carbonyl (C=O) groups excluding carboxylic acids is 1. The van der Waals surface area contributed by atoms with E-state index in [1.54, 1.807) is 30.0 Å². The summed E-state index contributed by atoms with van der Waals surface area (Å²) in [6.45, 7) is 0.0715. The van der Waals surface area contributed by atoms with Crippen LogP contribution >= 0.6 is 11.3 Å². The maximum Gasteiger partial charge on any atom is 0.308 e. The summed E-state index contributed by atoms with van der Waals surface area (Å²) >= 11 is 1.42. The predicted molar refractivity (Wildman–Crippen MR) is 84.5 cm³/mol. The lowest BCUT2D eigenvalue weighted by Gasteiger charge is -2.15. The third-order valence-electron chi connectivity index (χ3n) is 3.30. The number of benzene rings is 1. The Morgan fingerprint density at radius 1 is 1.32 bits per heavy atom. The zero-order valence-electron chi connectivity index (χ0n) is 12.1. The minimum absolute atomic E-state index is 0.0715. The van der Waals surface area contributed by atoms with Crippen LogP contribution in [0.4, 0.5) is 0 Å². The van der Waals surface area contributed by atoms with Gasteiger partial charge in [-0.15, -0.1) is 0 Å². The number of carbonyl (C=O) groups is 2. The quantitative estimate of drug-likeness (QED) is 0.822. The zero-order chi connectivity index (χ0) is 15.9. The Bertz CT molecular complexity index is 639. The van der Waals surface area contributed by atoms with Gasteiger partial charge in [-0.2, -0.15) is 11.3 Å². The van der Waals surface area contributed by atoms with Crippen molar-refractivity contribution in [1.82, 2.24) is 5.32 Å². The second-order valence-electron chi connectivity index (χ2n) is 4.77. The average molecular weight is 319 g/mol. The summed E-state index contributed by atoms with van der Waals surface area (Å²) in [6.07, 6.45) is 0.295. The van der Waals surface area contributed by atoms with Crippen molar-refractivity contribution >= 4 is 23.2 Å². The molecule has 2 rings (SSSR count). The number of ether oxygens (including phenoxy) is 1. The maximum absolute atomic E-state index is 11.9. The Balaban J connectivity index is 2.01. The highest BCUT2D eigenvalue weighted by Crippen LogP contribution is 2.21. The number of para-hydroxylation sites is 1. The van der Waals surface area contributed by atoms with Crippen molar-refractivity contribution in [2.24, 2.45) is 5.92 Å². The molecule has 1 atom stereocenters. The number of nitrogens with one attached hydrogen (secondary N) is 1. The maximum atomic E-state index is 11.9. The Kier molecular flexibility index (Phi) is 5.55. The lowest BCUT2D eigenvalue weighted by Crippen LogP contribution is -2.34. The number of carboxylic acids is 1. The van der Waals surface area contributed by atoms with Crippen LogP contribution in [0.1, 0.15) is 15.9 Å². The molecule has 22 heavy (non-hydrogen) atoms. The number of thiophene rings is 1. The Labute approximate surface area is 132 Å². The molecule has 1 aromatic carbocycles. The molecule has 1 aromatic heterocycles. The number of hydrogen-bond donors (Lipinski definition) is 2. The first-order chi connectivity index (χ1) is 10.6. The fraction of sp³-hybridized carbons (Fsp3) is 0.250. The van der Waals surface area contributed by atoms with E-state index in [1.165, 1.54) is 11.3 Å². The van der Waals surface area contributed by atoms with E-state index in [1.807, 2.05) is 18.2 Å². The molecule has 0 bridgehead atoms. The number of methoxy groups -OCH3 is 1. The van der Waals surface area contributed by atoms with E-state index in [-0.39, 0.29) is 12.5 Å². The summed E-state index contributed by atoms with van der Waals surface area (Å²) in [5.41, 5.74) is 1.36. The molecule has 0 spiro atoms. The molecule has 0 saturated heterocycles. The minimum Gasteiger partial charge on any atom is -0.496 e. The van der Waals surface area contributed by atoms with Crippen molar-refractivity contribution in [3.8, 4) is 5.75 Å². The molecule has 0 aliphatic carbocycles. The van der Waals surface area contributed by atoms with Crippen LogP contribution in [0.25, 0.3) is 0 Å². The van der Waals surface area contributed by atoms with Crippen LogP contribution in [0, 0.1) is 5.92 Å². The van der Waals surface area contributed by atoms with Crippen LogP contribution in [0.15, 0.2) is 41.1 Å². The predicted octanol–water partition coefficient (Wildman–Crippen LogP) is 2.43. The average Bonchev–Trinajstić information content (AvgIpc) is 3.05. The molecule has 1 heterocycles. The molecular formula is C16H17NO4S. The van der Waals surface area contributed by atoms with Crippen LogP contribution in [-0.2, 0) is 11.2 Å². The van der Waals surface area contributed by atoms with Crippen molar-refractivity contribution in [2.75, 3.05) is 13.7 Å². The molecule has 5 nitrogen and oxygen atoms in total. The lowest BCUT2D eigenvalue weighted by atomic mass is 9.98. The molecule has 116 valence electrons. The van der Waals surface area contributed by atoms with Crippen molar-refractivity contribution in [2.45, 2.75) is 6.42 Å². The first kappa shape index (κ1) is 16.0. The van der Waals surface area contributed by atoms with Gasteiger partial charge in [0.1, 0.15) is 5.75 Å². The van der Waals surface area contributed by atoms with Gasteiger partial charge in [-0.05, 0) is 29.5 Å². The van der Waals surface area contributed by atoms with Gasteiger partial charge in [-0.1, -0.05) is 18.2 Å². The van der Waals surface area contributed by atoms with Crippen molar-refractivity contribution in [3.63, 3.8) is 0 Å². The first-order valence-corrected chi connectivity index (χ1v) is 7.71. The summed E-state index contributed by atoms with van der Waals surface area (Å²) in [5.74, 6) is -1.26. The van der Waals surface area contributed by atoms with E-state index in [4.69, 9.17) is 4.74 Å². The highest BCUT2D eigenvalue weighted by molar-refractivity contribution is 7.08. The molecule has 0 saturated carbocycles. The Hall–Kier alpha value is -2.34. The standard InChI is InChI=1S/C16H17NO4S/c1-21-14-5-3-2-4-11(14)8-13(16(19)20)9-17-15(18)12-6-7-22-10-12/h2-7,10,13H,8-9H2,1H3,(H,17,18)(H,19,20). The van der Waals surface area contributed by atoms with Crippen molar-refractivity contribution in [3.05, 3.63) is 52.2 Å². The second kappa shape index (κ2) is 7.61. The van der Waals surface area contributed by atoms with E-state index in [0.29, 0.717) is 17.7 Å². The molecule has 1 unspecified atom stereocenters. The summed E-state index contributed by atoms with van der Waals surface area (Å²) in [7, 11) is 1.55. The molecule has 2 aromatic rings. The number of rotatable bonds is 7. The molecule has 6 heteroatoms. The molecule has 0 aliphatic heterocycles. The highest BCUT2D eigenvalue weighted by atomic mass is 32.1. The number of hydrogen-bond acceptors (Lipinski definition) is 4. The van der Waals surface area contributed by atoms with Gasteiger partial charge in [0.15, 0.2) is 0 Å². The third-order valence-corrected chi connectivity index (χ3v) is 3.98. The van der Waals surface area contributed by atoms with Crippen LogP contribution in [-0.4, -0.2) is 30.6 Å². The van der Waals surface area contributed by atoms with Gasteiger partial charge in [0.25, 0.3) is 5.91 Å². The fourth-order valence-corrected chi connectivity index (χ4v) is 2.73. The van der Waals surface area contributed by atoms with E-state index in [0.717, 1.165) is 5.56 Å². The normalized spacial score (nSPS) is 11.7. The second-order valence-corrected chi connectivity index (χ2v) is 5.55. The minimum atomic E-state index is -0.948. The largest absolute Gasteiger partial charge is 0.496 e. The number of amides is 1. The van der Waals surface area contributed by atoms with E-state index in [2.05, 4.69) is 5.32 Å². The summed E-state index contributed by atoms with van der Waals surface area (Å²) in [6, 6.07) is 8.99. The SMILES string of the molecule is COc1ccccc1CC(CNC(=O)c1ccsc1)C(=O)O. The molecule has 0 radical (unpaired) electrons. The molecule has 0 aliphatic rings. The van der Waals surface area contributed by atoms with Gasteiger partial charge in [0, 0.05) is 17.5 Å². The van der Waals surface area contributed by atoms with E-state index >= 15 is 0 Å². The van der Waals surface area contributed by atoms with Gasteiger partial charge >= 0.3 is 5.97 Å². The van der Waals surface area contributed by atoms with E-state index in [9.17, 15) is 14.7 Å². The van der Waals surface area contributed by atoms with Crippen LogP contribution in [0.3, 0.4) is 0 Å². The summed E-state index contributed by atoms with van der Waals surface area (Å²) in [5, 5.41) is 15.6. The monoisotopic (exact) mass is 319 g/mol. The number of carboxylic acid groups (broad SMARTS) is 1. The van der Waals surface area contributed by atoms with Crippen molar-refractivity contribution in [1.29, 1.82) is 0 Å².